The number of rotatable bonds is 7. The van der Waals surface area contributed by atoms with Crippen molar-refractivity contribution in [2.45, 2.75) is 31.8 Å². The third-order valence-corrected chi connectivity index (χ3v) is 3.26. The Morgan fingerprint density at radius 3 is 3.05 bits per heavy atom. The molecule has 1 aliphatic rings. The summed E-state index contributed by atoms with van der Waals surface area (Å²) in [5.41, 5.74) is 6.59. The van der Waals surface area contributed by atoms with Crippen LogP contribution in [0.15, 0.2) is 23.5 Å². The Morgan fingerprint density at radius 1 is 1.63 bits per heavy atom. The normalized spacial score (nSPS) is 15.8. The van der Waals surface area contributed by atoms with E-state index in [9.17, 15) is 0 Å². The maximum absolute atomic E-state index is 8.59. The number of oxime groups is 1. The van der Waals surface area contributed by atoms with Gasteiger partial charge in [0.1, 0.15) is 5.84 Å². The highest BCUT2D eigenvalue weighted by atomic mass is 16.5. The molecule has 0 atom stereocenters. The molecule has 19 heavy (non-hydrogen) atoms. The fraction of sp³-hybridized carbons (Fsp3) is 0.538. The molecule has 0 radical (unpaired) electrons. The summed E-state index contributed by atoms with van der Waals surface area (Å²) >= 11 is 0. The minimum Gasteiger partial charge on any atom is -0.481 e. The lowest BCUT2D eigenvalue weighted by molar-refractivity contribution is 0.254. The Balaban J connectivity index is 2.00. The average Bonchev–Trinajstić information content (AvgIpc) is 3.28. The van der Waals surface area contributed by atoms with Gasteiger partial charge in [0.15, 0.2) is 0 Å². The standard InChI is InChI=1S/C13H20N4O2/c1-19-13-10(3-2-7-15-13)9-17(11-4-5-11)8-6-12(14)16-18/h2-3,7,11,18H,4-6,8-9H2,1H3,(H2,14,16). The van der Waals surface area contributed by atoms with Crippen molar-refractivity contribution in [1.29, 1.82) is 0 Å². The Kier molecular flexibility index (Phi) is 4.57. The van der Waals surface area contributed by atoms with E-state index in [1.54, 1.807) is 13.3 Å². The van der Waals surface area contributed by atoms with Crippen LogP contribution >= 0.6 is 0 Å². The van der Waals surface area contributed by atoms with E-state index < -0.39 is 0 Å². The maximum Gasteiger partial charge on any atom is 0.217 e. The number of nitrogens with two attached hydrogens (primary N) is 1. The van der Waals surface area contributed by atoms with Gasteiger partial charge in [0, 0.05) is 37.3 Å². The van der Waals surface area contributed by atoms with Gasteiger partial charge in [-0.2, -0.15) is 0 Å². The van der Waals surface area contributed by atoms with Gasteiger partial charge < -0.3 is 15.7 Å². The first-order chi connectivity index (χ1) is 9.24. The molecule has 6 nitrogen and oxygen atoms in total. The fourth-order valence-corrected chi connectivity index (χ4v) is 2.09. The van der Waals surface area contributed by atoms with Gasteiger partial charge in [-0.25, -0.2) is 4.98 Å². The van der Waals surface area contributed by atoms with E-state index in [1.807, 2.05) is 12.1 Å². The van der Waals surface area contributed by atoms with Crippen molar-refractivity contribution in [3.05, 3.63) is 23.9 Å². The van der Waals surface area contributed by atoms with E-state index in [0.717, 1.165) is 18.7 Å². The highest BCUT2D eigenvalue weighted by Gasteiger charge is 2.29. The molecule has 0 aromatic carbocycles. The lowest BCUT2D eigenvalue weighted by atomic mass is 10.2. The molecule has 0 unspecified atom stereocenters. The number of pyridine rings is 1. The minimum atomic E-state index is 0.267. The molecular formula is C13H20N4O2. The fourth-order valence-electron chi connectivity index (χ4n) is 2.09. The maximum atomic E-state index is 8.59. The van der Waals surface area contributed by atoms with Crippen LogP contribution in [0.25, 0.3) is 0 Å². The zero-order valence-corrected chi connectivity index (χ0v) is 11.1. The largest absolute Gasteiger partial charge is 0.481 e. The monoisotopic (exact) mass is 264 g/mol. The van der Waals surface area contributed by atoms with Crippen molar-refractivity contribution in [2.24, 2.45) is 10.9 Å². The Bertz CT molecular complexity index is 446. The van der Waals surface area contributed by atoms with Crippen LogP contribution in [0.5, 0.6) is 5.88 Å². The van der Waals surface area contributed by atoms with Crippen LogP contribution in [0.2, 0.25) is 0 Å². The van der Waals surface area contributed by atoms with E-state index in [4.69, 9.17) is 15.7 Å². The quantitative estimate of drug-likeness (QED) is 0.334. The molecule has 0 aliphatic heterocycles. The van der Waals surface area contributed by atoms with Crippen molar-refractivity contribution in [3.63, 3.8) is 0 Å². The van der Waals surface area contributed by atoms with Gasteiger partial charge in [0.25, 0.3) is 0 Å². The molecular weight excluding hydrogens is 244 g/mol. The second kappa shape index (κ2) is 6.38. The third-order valence-electron chi connectivity index (χ3n) is 3.26. The van der Waals surface area contributed by atoms with Crippen LogP contribution in [-0.4, -0.2) is 40.6 Å². The average molecular weight is 264 g/mol. The summed E-state index contributed by atoms with van der Waals surface area (Å²) in [7, 11) is 1.63. The molecule has 0 bridgehead atoms. The second-order valence-corrected chi connectivity index (χ2v) is 4.71. The molecule has 2 rings (SSSR count). The molecule has 3 N–H and O–H groups in total. The van der Waals surface area contributed by atoms with E-state index in [0.29, 0.717) is 18.3 Å². The molecule has 1 aliphatic carbocycles. The first-order valence-corrected chi connectivity index (χ1v) is 6.43. The lowest BCUT2D eigenvalue weighted by Gasteiger charge is -2.22. The molecule has 1 fully saturated rings. The summed E-state index contributed by atoms with van der Waals surface area (Å²) in [6.07, 6.45) is 4.70. The Morgan fingerprint density at radius 2 is 2.42 bits per heavy atom. The first kappa shape index (κ1) is 13.6. The predicted molar refractivity (Wildman–Crippen MR) is 72.2 cm³/mol. The Hall–Kier alpha value is -1.82. The summed E-state index contributed by atoms with van der Waals surface area (Å²) in [5, 5.41) is 11.6. The van der Waals surface area contributed by atoms with Crippen molar-refractivity contribution >= 4 is 5.84 Å². The molecule has 104 valence electrons. The Labute approximate surface area is 112 Å². The second-order valence-electron chi connectivity index (χ2n) is 4.71. The molecule has 1 heterocycles. The van der Waals surface area contributed by atoms with Gasteiger partial charge in [0.2, 0.25) is 5.88 Å². The zero-order valence-electron chi connectivity index (χ0n) is 11.1. The summed E-state index contributed by atoms with van der Waals surface area (Å²) in [4.78, 5) is 6.54. The topological polar surface area (TPSA) is 84.0 Å². The van der Waals surface area contributed by atoms with Crippen LogP contribution < -0.4 is 10.5 Å². The summed E-state index contributed by atoms with van der Waals surface area (Å²) in [6.45, 7) is 1.55. The van der Waals surface area contributed by atoms with Crippen molar-refractivity contribution < 1.29 is 9.94 Å². The van der Waals surface area contributed by atoms with Gasteiger partial charge >= 0.3 is 0 Å². The number of amidine groups is 1. The number of ether oxygens (including phenoxy) is 1. The van der Waals surface area contributed by atoms with Crippen LogP contribution in [0, 0.1) is 0 Å². The summed E-state index contributed by atoms with van der Waals surface area (Å²) in [5.74, 6) is 0.931. The van der Waals surface area contributed by atoms with Gasteiger partial charge in [-0.05, 0) is 18.9 Å². The minimum absolute atomic E-state index is 0.267. The molecule has 1 aromatic heterocycles. The van der Waals surface area contributed by atoms with Gasteiger partial charge in [-0.3, -0.25) is 4.90 Å². The highest BCUT2D eigenvalue weighted by Crippen LogP contribution is 2.29. The smallest absolute Gasteiger partial charge is 0.217 e. The third kappa shape index (κ3) is 3.82. The van der Waals surface area contributed by atoms with E-state index >= 15 is 0 Å². The van der Waals surface area contributed by atoms with Crippen molar-refractivity contribution in [2.75, 3.05) is 13.7 Å². The molecule has 1 saturated carbocycles. The van der Waals surface area contributed by atoms with E-state index in [-0.39, 0.29) is 5.84 Å². The summed E-state index contributed by atoms with van der Waals surface area (Å²) < 4.78 is 5.27. The van der Waals surface area contributed by atoms with Crippen LogP contribution in [0.3, 0.4) is 0 Å². The number of aromatic nitrogens is 1. The van der Waals surface area contributed by atoms with Crippen LogP contribution in [-0.2, 0) is 6.54 Å². The predicted octanol–water partition coefficient (Wildman–Crippen LogP) is 1.19. The number of methoxy groups -OCH3 is 1. The molecule has 6 heteroatoms. The van der Waals surface area contributed by atoms with Gasteiger partial charge in [-0.15, -0.1) is 0 Å². The van der Waals surface area contributed by atoms with Crippen LogP contribution in [0.4, 0.5) is 0 Å². The number of hydrogen-bond donors (Lipinski definition) is 2. The van der Waals surface area contributed by atoms with Crippen LogP contribution in [0.1, 0.15) is 24.8 Å². The first-order valence-electron chi connectivity index (χ1n) is 6.43. The molecule has 1 aromatic rings. The van der Waals surface area contributed by atoms with Crippen molar-refractivity contribution in [1.82, 2.24) is 9.88 Å². The lowest BCUT2D eigenvalue weighted by Crippen LogP contribution is -2.30. The number of hydrogen-bond acceptors (Lipinski definition) is 5. The van der Waals surface area contributed by atoms with Gasteiger partial charge in [0.05, 0.1) is 7.11 Å². The molecule has 0 amide bonds. The SMILES string of the molecule is COc1ncccc1CN(CCC(N)=NO)C1CC1. The van der Waals surface area contributed by atoms with Gasteiger partial charge in [-0.1, -0.05) is 11.2 Å². The number of nitrogens with zero attached hydrogens (tertiary/aromatic N) is 3. The summed E-state index contributed by atoms with van der Waals surface area (Å²) in [6, 6.07) is 4.52. The van der Waals surface area contributed by atoms with E-state index in [1.165, 1.54) is 12.8 Å². The molecule has 0 spiro atoms. The van der Waals surface area contributed by atoms with Crippen molar-refractivity contribution in [3.8, 4) is 5.88 Å². The zero-order chi connectivity index (χ0) is 13.7. The molecule has 0 saturated heterocycles. The highest BCUT2D eigenvalue weighted by molar-refractivity contribution is 5.79. The van der Waals surface area contributed by atoms with E-state index in [2.05, 4.69) is 15.0 Å².